The number of nitrogens with zero attached hydrogens (tertiary/aromatic N) is 5. The van der Waals surface area contributed by atoms with Gasteiger partial charge in [-0.1, -0.05) is 42.3 Å². The summed E-state index contributed by atoms with van der Waals surface area (Å²) in [7, 11) is 0. The molecule has 3 aromatic rings. The van der Waals surface area contributed by atoms with Gasteiger partial charge in [0.25, 0.3) is 0 Å². The van der Waals surface area contributed by atoms with Gasteiger partial charge in [-0.3, -0.25) is 4.90 Å². The molecule has 0 saturated carbocycles. The summed E-state index contributed by atoms with van der Waals surface area (Å²) in [5.74, 6) is 0.489. The first-order valence-corrected chi connectivity index (χ1v) is 12.9. The van der Waals surface area contributed by atoms with E-state index < -0.39 is 0 Å². The molecule has 1 saturated heterocycles. The third kappa shape index (κ3) is 4.26. The van der Waals surface area contributed by atoms with Gasteiger partial charge in [-0.2, -0.15) is 5.10 Å². The molecule has 0 bridgehead atoms. The van der Waals surface area contributed by atoms with Gasteiger partial charge in [-0.05, 0) is 75.3 Å². The van der Waals surface area contributed by atoms with Crippen molar-refractivity contribution >= 4 is 39.9 Å². The average Bonchev–Trinajstić information content (AvgIpc) is 3.42. The van der Waals surface area contributed by atoms with Gasteiger partial charge in [-0.25, -0.2) is 14.6 Å². The van der Waals surface area contributed by atoms with Crippen LogP contribution in [0.2, 0.25) is 10.0 Å². The minimum absolute atomic E-state index is 0.111. The molecule has 1 aromatic carbocycles. The molecule has 0 amide bonds. The second-order valence-corrected chi connectivity index (χ2v) is 10.6. The topological polar surface area (TPSA) is 67.1 Å². The van der Waals surface area contributed by atoms with Gasteiger partial charge in [0.15, 0.2) is 5.65 Å². The first-order chi connectivity index (χ1) is 16.4. The molecule has 8 heteroatoms. The molecule has 3 heterocycles. The number of halogens is 2. The summed E-state index contributed by atoms with van der Waals surface area (Å²) >= 11 is 12.6. The molecule has 0 spiro atoms. The fourth-order valence-corrected chi connectivity index (χ4v) is 6.24. The lowest BCUT2D eigenvalue weighted by atomic mass is 9.83. The molecule has 1 fully saturated rings. The molecular weight excluding hydrogens is 469 g/mol. The van der Waals surface area contributed by atoms with E-state index in [0.29, 0.717) is 28.0 Å². The molecule has 1 N–H and O–H groups in total. The summed E-state index contributed by atoms with van der Waals surface area (Å²) in [6, 6.07) is 6.22. The Morgan fingerprint density at radius 3 is 2.82 bits per heavy atom. The number of hydrogen-bond donors (Lipinski definition) is 1. The Balaban J connectivity index is 1.46. The van der Waals surface area contributed by atoms with E-state index in [2.05, 4.69) is 24.8 Å². The highest BCUT2D eigenvalue weighted by Gasteiger charge is 2.35. The third-order valence-electron chi connectivity index (χ3n) is 7.54. The van der Waals surface area contributed by atoms with E-state index in [1.165, 1.54) is 12.0 Å². The van der Waals surface area contributed by atoms with Gasteiger partial charge in [0, 0.05) is 22.1 Å². The molecule has 0 radical (unpaired) electrons. The number of aliphatic hydroxyl groups is 1. The van der Waals surface area contributed by atoms with Crippen LogP contribution in [-0.4, -0.2) is 55.0 Å². The smallest absolute Gasteiger partial charge is 0.178 e. The molecule has 1 aliphatic carbocycles. The minimum Gasteiger partial charge on any atom is -0.395 e. The fraction of sp³-hybridized carbons (Fsp3) is 0.500. The lowest BCUT2D eigenvalue weighted by Crippen LogP contribution is -2.45. The Labute approximate surface area is 210 Å². The third-order valence-corrected chi connectivity index (χ3v) is 8.11. The molecule has 2 aliphatic rings. The van der Waals surface area contributed by atoms with Crippen LogP contribution in [-0.2, 0) is 0 Å². The molecule has 2 aromatic heterocycles. The lowest BCUT2D eigenvalue weighted by Gasteiger charge is -2.38. The van der Waals surface area contributed by atoms with Gasteiger partial charge < -0.3 is 5.11 Å². The Morgan fingerprint density at radius 1 is 1.26 bits per heavy atom. The number of fused-ring (bicyclic) bond motifs is 1. The minimum atomic E-state index is -0.111. The van der Waals surface area contributed by atoms with Crippen LogP contribution >= 0.6 is 23.2 Å². The number of aromatic nitrogens is 4. The molecule has 34 heavy (non-hydrogen) atoms. The van der Waals surface area contributed by atoms with Gasteiger partial charge in [0.05, 0.1) is 30.2 Å². The van der Waals surface area contributed by atoms with Crippen molar-refractivity contribution < 1.29 is 5.11 Å². The molecule has 2 unspecified atom stereocenters. The summed E-state index contributed by atoms with van der Waals surface area (Å²) in [5.41, 5.74) is 5.52. The summed E-state index contributed by atoms with van der Waals surface area (Å²) in [6.07, 6.45) is 8.39. The van der Waals surface area contributed by atoms with Crippen molar-refractivity contribution in [1.29, 1.82) is 0 Å². The van der Waals surface area contributed by atoms with E-state index in [4.69, 9.17) is 38.3 Å². The largest absolute Gasteiger partial charge is 0.395 e. The van der Waals surface area contributed by atoms with Crippen LogP contribution in [0.25, 0.3) is 16.7 Å². The van der Waals surface area contributed by atoms with Crippen molar-refractivity contribution in [1.82, 2.24) is 24.6 Å². The lowest BCUT2D eigenvalue weighted by molar-refractivity contribution is 0.0910. The van der Waals surface area contributed by atoms with E-state index in [1.807, 2.05) is 29.9 Å². The van der Waals surface area contributed by atoms with E-state index in [-0.39, 0.29) is 12.6 Å². The maximum atomic E-state index is 9.77. The second-order valence-electron chi connectivity index (χ2n) is 9.73. The number of allylic oxidation sites excluding steroid dienone is 1. The van der Waals surface area contributed by atoms with Gasteiger partial charge in [0.1, 0.15) is 5.52 Å². The molecule has 5 rings (SSSR count). The maximum Gasteiger partial charge on any atom is 0.178 e. The Morgan fingerprint density at radius 2 is 2.09 bits per heavy atom. The van der Waals surface area contributed by atoms with Gasteiger partial charge in [-0.15, -0.1) is 0 Å². The van der Waals surface area contributed by atoms with Crippen LogP contribution in [0.15, 0.2) is 30.5 Å². The Bertz CT molecular complexity index is 1240. The van der Waals surface area contributed by atoms with Crippen molar-refractivity contribution in [2.24, 2.45) is 5.92 Å². The fourth-order valence-electron chi connectivity index (χ4n) is 5.67. The molecule has 6 nitrogen and oxygen atoms in total. The van der Waals surface area contributed by atoms with E-state index in [0.717, 1.165) is 53.9 Å². The average molecular weight is 500 g/mol. The Hall–Kier alpha value is -1.99. The molecule has 4 atom stereocenters. The first kappa shape index (κ1) is 23.7. The second kappa shape index (κ2) is 9.57. The predicted octanol–water partition coefficient (Wildman–Crippen LogP) is 5.69. The zero-order valence-electron chi connectivity index (χ0n) is 19.9. The van der Waals surface area contributed by atoms with Crippen LogP contribution in [0.1, 0.15) is 62.5 Å². The van der Waals surface area contributed by atoms with E-state index in [1.54, 1.807) is 6.07 Å². The van der Waals surface area contributed by atoms with Crippen molar-refractivity contribution in [3.8, 4) is 0 Å². The van der Waals surface area contributed by atoms with Crippen molar-refractivity contribution in [2.75, 3.05) is 13.2 Å². The predicted molar refractivity (Wildman–Crippen MR) is 137 cm³/mol. The summed E-state index contributed by atoms with van der Waals surface area (Å²) in [6.45, 7) is 7.67. The molecule has 1 aliphatic heterocycles. The standard InChI is InChI=1S/C26H31Cl2N5O/c1-15-11-18(6-9-24(15)32-10-4-5-20(32)14-34)23-13-29-25-16(2)31-33(26(25)30-23)17(3)21-8-7-19(27)12-22(21)28/h6-8,12-13,15,17,20,24,34H,4-5,9-11,14H2,1-3H3/t15?,17-,20+,24?/m1/s1. The zero-order valence-corrected chi connectivity index (χ0v) is 21.4. The SMILES string of the molecule is Cc1nn([C@H](C)c2ccc(Cl)cc2Cl)c2nc(C3=CCC(N4CCC[C@H]4CO)C(C)C3)cnc12. The quantitative estimate of drug-likeness (QED) is 0.488. The van der Waals surface area contributed by atoms with Gasteiger partial charge in [0.2, 0.25) is 0 Å². The first-order valence-electron chi connectivity index (χ1n) is 12.1. The number of aliphatic hydroxyl groups excluding tert-OH is 1. The highest BCUT2D eigenvalue weighted by Crippen LogP contribution is 2.36. The number of benzene rings is 1. The highest BCUT2D eigenvalue weighted by molar-refractivity contribution is 6.35. The number of rotatable bonds is 5. The summed E-state index contributed by atoms with van der Waals surface area (Å²) < 4.78 is 1.92. The summed E-state index contributed by atoms with van der Waals surface area (Å²) in [5, 5.41) is 15.8. The van der Waals surface area contributed by atoms with Crippen LogP contribution in [0.4, 0.5) is 0 Å². The maximum absolute atomic E-state index is 9.77. The normalized spacial score (nSPS) is 24.5. The van der Waals surface area contributed by atoms with Crippen molar-refractivity contribution in [3.05, 3.63) is 57.5 Å². The van der Waals surface area contributed by atoms with Crippen LogP contribution in [0.3, 0.4) is 0 Å². The monoisotopic (exact) mass is 499 g/mol. The number of hydrogen-bond acceptors (Lipinski definition) is 5. The van der Waals surface area contributed by atoms with Crippen molar-refractivity contribution in [2.45, 2.75) is 64.6 Å². The highest BCUT2D eigenvalue weighted by atomic mass is 35.5. The zero-order chi connectivity index (χ0) is 24.0. The van der Waals surface area contributed by atoms with E-state index >= 15 is 0 Å². The molecular formula is C26H31Cl2N5O. The van der Waals surface area contributed by atoms with Gasteiger partial charge >= 0.3 is 0 Å². The Kier molecular flexibility index (Phi) is 6.68. The van der Waals surface area contributed by atoms with Crippen LogP contribution in [0, 0.1) is 12.8 Å². The van der Waals surface area contributed by atoms with E-state index in [9.17, 15) is 5.11 Å². The molecule has 180 valence electrons. The summed E-state index contributed by atoms with van der Waals surface area (Å²) in [4.78, 5) is 12.3. The number of likely N-dealkylation sites (tertiary alicyclic amines) is 1. The van der Waals surface area contributed by atoms with Crippen LogP contribution < -0.4 is 0 Å². The van der Waals surface area contributed by atoms with Crippen LogP contribution in [0.5, 0.6) is 0 Å². The van der Waals surface area contributed by atoms with Crippen molar-refractivity contribution in [3.63, 3.8) is 0 Å². The number of aryl methyl sites for hydroxylation is 1.